The number of aromatic nitrogens is 4. The Bertz CT molecular complexity index is 1510. The molecule has 0 saturated heterocycles. The highest BCUT2D eigenvalue weighted by atomic mass is 35.5. The smallest absolute Gasteiger partial charge is 0.263 e. The number of hydrogen-bond donors (Lipinski definition) is 0. The van der Waals surface area contributed by atoms with Crippen molar-refractivity contribution in [2.45, 2.75) is 6.54 Å². The maximum Gasteiger partial charge on any atom is 0.263 e. The summed E-state index contributed by atoms with van der Waals surface area (Å²) in [7, 11) is 3.12. The van der Waals surface area contributed by atoms with E-state index in [9.17, 15) is 4.79 Å². The molecule has 3 aromatic heterocycles. The average Bonchev–Trinajstić information content (AvgIpc) is 3.49. The standard InChI is InChI=1S/C23H17ClN4O4S/c1-30-17-8-5-14(9-18(17)31-2)21-26-19(32-27-21)10-28-12-25-22-20(23(28)29)16(11-33-22)13-3-6-15(24)7-4-13/h3-9,11-12H,10H2,1-2H3. The van der Waals surface area contributed by atoms with E-state index in [-0.39, 0.29) is 18.0 Å². The lowest BCUT2D eigenvalue weighted by Crippen LogP contribution is -2.21. The normalized spacial score (nSPS) is 11.1. The van der Waals surface area contributed by atoms with Gasteiger partial charge in [0.1, 0.15) is 11.4 Å². The van der Waals surface area contributed by atoms with E-state index in [0.29, 0.717) is 38.1 Å². The number of hydrogen-bond acceptors (Lipinski definition) is 8. The second-order valence-corrected chi connectivity index (χ2v) is 8.39. The van der Waals surface area contributed by atoms with Crippen LogP contribution in [-0.2, 0) is 6.54 Å². The zero-order valence-electron chi connectivity index (χ0n) is 17.6. The molecule has 0 radical (unpaired) electrons. The minimum atomic E-state index is -0.183. The quantitative estimate of drug-likeness (QED) is 0.341. The van der Waals surface area contributed by atoms with Crippen molar-refractivity contribution in [2.24, 2.45) is 0 Å². The second-order valence-electron chi connectivity index (χ2n) is 7.10. The van der Waals surface area contributed by atoms with Crippen molar-refractivity contribution in [1.29, 1.82) is 0 Å². The number of thiophene rings is 1. The number of rotatable bonds is 6. The monoisotopic (exact) mass is 480 g/mol. The molecule has 8 nitrogen and oxygen atoms in total. The number of benzene rings is 2. The number of ether oxygens (including phenoxy) is 2. The van der Waals surface area contributed by atoms with Gasteiger partial charge in [-0.15, -0.1) is 11.3 Å². The van der Waals surface area contributed by atoms with E-state index in [1.807, 2.05) is 17.5 Å². The Kier molecular flexibility index (Phi) is 5.57. The molecule has 3 heterocycles. The third-order valence-electron chi connectivity index (χ3n) is 5.13. The first-order valence-corrected chi connectivity index (χ1v) is 11.1. The van der Waals surface area contributed by atoms with Gasteiger partial charge in [0, 0.05) is 21.5 Å². The lowest BCUT2D eigenvalue weighted by molar-refractivity contribution is 0.355. The topological polar surface area (TPSA) is 92.3 Å². The summed E-state index contributed by atoms with van der Waals surface area (Å²) >= 11 is 7.42. The summed E-state index contributed by atoms with van der Waals surface area (Å²) in [5.41, 5.74) is 2.23. The molecule has 0 fully saturated rings. The molecule has 166 valence electrons. The summed E-state index contributed by atoms with van der Waals surface area (Å²) in [6.45, 7) is 0.0952. The van der Waals surface area contributed by atoms with Crippen LogP contribution < -0.4 is 15.0 Å². The molecular formula is C23H17ClN4O4S. The van der Waals surface area contributed by atoms with Crippen LogP contribution in [0.2, 0.25) is 5.02 Å². The fourth-order valence-electron chi connectivity index (χ4n) is 3.48. The van der Waals surface area contributed by atoms with Gasteiger partial charge in [-0.3, -0.25) is 9.36 Å². The predicted octanol–water partition coefficient (Wildman–Crippen LogP) is 4.89. The Labute approximate surface area is 197 Å². The van der Waals surface area contributed by atoms with Gasteiger partial charge >= 0.3 is 0 Å². The molecule has 0 aliphatic carbocycles. The van der Waals surface area contributed by atoms with Gasteiger partial charge in [-0.2, -0.15) is 4.98 Å². The summed E-state index contributed by atoms with van der Waals surface area (Å²) in [6.07, 6.45) is 1.49. The van der Waals surface area contributed by atoms with E-state index in [2.05, 4.69) is 15.1 Å². The highest BCUT2D eigenvalue weighted by molar-refractivity contribution is 7.17. The van der Waals surface area contributed by atoms with E-state index in [4.69, 9.17) is 25.6 Å². The van der Waals surface area contributed by atoms with Crippen LogP contribution in [0.25, 0.3) is 32.7 Å². The number of nitrogens with zero attached hydrogens (tertiary/aromatic N) is 4. The van der Waals surface area contributed by atoms with Crippen LogP contribution in [0, 0.1) is 0 Å². The summed E-state index contributed by atoms with van der Waals surface area (Å²) in [5.74, 6) is 1.82. The van der Waals surface area contributed by atoms with Crippen LogP contribution in [0.5, 0.6) is 11.5 Å². The third kappa shape index (κ3) is 3.96. The summed E-state index contributed by atoms with van der Waals surface area (Å²) < 4.78 is 17.4. The number of fused-ring (bicyclic) bond motifs is 1. The highest BCUT2D eigenvalue weighted by Crippen LogP contribution is 2.32. The average molecular weight is 481 g/mol. The molecule has 0 atom stereocenters. The van der Waals surface area contributed by atoms with Gasteiger partial charge in [0.15, 0.2) is 11.5 Å². The van der Waals surface area contributed by atoms with Crippen LogP contribution in [0.1, 0.15) is 5.89 Å². The summed E-state index contributed by atoms with van der Waals surface area (Å²) in [5, 5.41) is 7.15. The number of methoxy groups -OCH3 is 2. The van der Waals surface area contributed by atoms with E-state index in [1.165, 1.54) is 22.2 Å². The Morgan fingerprint density at radius 2 is 1.82 bits per heavy atom. The maximum atomic E-state index is 13.3. The van der Waals surface area contributed by atoms with Gasteiger partial charge in [-0.1, -0.05) is 28.9 Å². The van der Waals surface area contributed by atoms with Crippen LogP contribution >= 0.6 is 22.9 Å². The minimum absolute atomic E-state index is 0.0952. The molecule has 0 aliphatic rings. The molecule has 0 N–H and O–H groups in total. The molecule has 10 heteroatoms. The van der Waals surface area contributed by atoms with Crippen molar-refractivity contribution >= 4 is 33.2 Å². The highest BCUT2D eigenvalue weighted by Gasteiger charge is 2.16. The first-order valence-electron chi connectivity index (χ1n) is 9.85. The summed E-state index contributed by atoms with van der Waals surface area (Å²) in [4.78, 5) is 22.8. The van der Waals surface area contributed by atoms with E-state index >= 15 is 0 Å². The molecule has 0 amide bonds. The van der Waals surface area contributed by atoms with Gasteiger partial charge in [0.25, 0.3) is 5.56 Å². The van der Waals surface area contributed by atoms with Crippen LogP contribution in [0.15, 0.2) is 63.5 Å². The molecule has 0 unspecified atom stereocenters. The summed E-state index contributed by atoms with van der Waals surface area (Å²) in [6, 6.07) is 12.7. The Morgan fingerprint density at radius 3 is 2.58 bits per heavy atom. The van der Waals surface area contributed by atoms with Crippen molar-refractivity contribution in [3.05, 3.63) is 75.4 Å². The first-order chi connectivity index (χ1) is 16.1. The molecule has 5 rings (SSSR count). The lowest BCUT2D eigenvalue weighted by atomic mass is 10.1. The zero-order chi connectivity index (χ0) is 22.9. The van der Waals surface area contributed by atoms with Gasteiger partial charge in [0.2, 0.25) is 11.7 Å². The first kappa shape index (κ1) is 21.2. The van der Waals surface area contributed by atoms with Crippen molar-refractivity contribution in [2.75, 3.05) is 14.2 Å². The Balaban J connectivity index is 1.48. The molecule has 33 heavy (non-hydrogen) atoms. The Morgan fingerprint density at radius 1 is 1.06 bits per heavy atom. The maximum absolute atomic E-state index is 13.3. The fraction of sp³-hybridized carbons (Fsp3) is 0.130. The van der Waals surface area contributed by atoms with Gasteiger partial charge in [-0.25, -0.2) is 4.98 Å². The van der Waals surface area contributed by atoms with Crippen LogP contribution in [-0.4, -0.2) is 33.9 Å². The van der Waals surface area contributed by atoms with Gasteiger partial charge < -0.3 is 14.0 Å². The molecular weight excluding hydrogens is 464 g/mol. The van der Waals surface area contributed by atoms with Gasteiger partial charge in [0.05, 0.1) is 25.9 Å². The van der Waals surface area contributed by atoms with Gasteiger partial charge in [-0.05, 0) is 35.9 Å². The molecule has 2 aromatic carbocycles. The third-order valence-corrected chi connectivity index (χ3v) is 6.27. The molecule has 0 spiro atoms. The molecule has 0 saturated carbocycles. The Hall–Kier alpha value is -3.69. The van der Waals surface area contributed by atoms with Crippen molar-refractivity contribution in [3.8, 4) is 34.0 Å². The minimum Gasteiger partial charge on any atom is -0.493 e. The van der Waals surface area contributed by atoms with E-state index in [1.54, 1.807) is 44.6 Å². The van der Waals surface area contributed by atoms with Crippen molar-refractivity contribution < 1.29 is 14.0 Å². The molecule has 0 aliphatic heterocycles. The van der Waals surface area contributed by atoms with Crippen LogP contribution in [0.3, 0.4) is 0 Å². The lowest BCUT2D eigenvalue weighted by Gasteiger charge is -2.07. The predicted molar refractivity (Wildman–Crippen MR) is 126 cm³/mol. The van der Waals surface area contributed by atoms with Crippen molar-refractivity contribution in [3.63, 3.8) is 0 Å². The SMILES string of the molecule is COc1ccc(-c2noc(Cn3cnc4scc(-c5ccc(Cl)cc5)c4c3=O)n2)cc1OC. The van der Waals surface area contributed by atoms with Crippen LogP contribution in [0.4, 0.5) is 0 Å². The second kappa shape index (κ2) is 8.68. The molecule has 0 bridgehead atoms. The fourth-order valence-corrected chi connectivity index (χ4v) is 4.51. The van der Waals surface area contributed by atoms with E-state index < -0.39 is 0 Å². The largest absolute Gasteiger partial charge is 0.493 e. The zero-order valence-corrected chi connectivity index (χ0v) is 19.2. The molecule has 5 aromatic rings. The van der Waals surface area contributed by atoms with E-state index in [0.717, 1.165) is 11.1 Å². The number of halogens is 1. The van der Waals surface area contributed by atoms with Crippen molar-refractivity contribution in [1.82, 2.24) is 19.7 Å².